The van der Waals surface area contributed by atoms with E-state index in [1.165, 1.54) is 5.56 Å². The fraction of sp³-hybridized carbons (Fsp3) is 0.385. The zero-order chi connectivity index (χ0) is 12.2. The topological polar surface area (TPSA) is 52.9 Å². The van der Waals surface area contributed by atoms with Gasteiger partial charge in [-0.05, 0) is 16.5 Å². The van der Waals surface area contributed by atoms with Crippen molar-refractivity contribution in [2.75, 3.05) is 0 Å². The third-order valence-electron chi connectivity index (χ3n) is 2.38. The van der Waals surface area contributed by atoms with Crippen LogP contribution in [0.2, 0.25) is 0 Å². The van der Waals surface area contributed by atoms with Crippen LogP contribution in [0.3, 0.4) is 0 Å². The lowest BCUT2D eigenvalue weighted by Crippen LogP contribution is -2.19. The van der Waals surface area contributed by atoms with Gasteiger partial charge in [0, 0.05) is 0 Å². The lowest BCUT2D eigenvalue weighted by atomic mass is 9.86. The molecule has 3 nitrogen and oxygen atoms in total. The minimum absolute atomic E-state index is 0.118. The maximum absolute atomic E-state index is 11.2. The summed E-state index contributed by atoms with van der Waals surface area (Å²) in [6, 6.07) is 7.90. The first-order valence-electron chi connectivity index (χ1n) is 5.21. The minimum Gasteiger partial charge on any atom is -0.274 e. The van der Waals surface area contributed by atoms with Crippen molar-refractivity contribution >= 4 is 5.91 Å². The molecule has 0 unspecified atom stereocenters. The van der Waals surface area contributed by atoms with Gasteiger partial charge in [-0.15, -0.1) is 0 Å². The number of hydrogen-bond donors (Lipinski definition) is 1. The smallest absolute Gasteiger partial charge is 0.237 e. The fourth-order valence-corrected chi connectivity index (χ4v) is 1.41. The molecule has 1 amide bonds. The van der Waals surface area contributed by atoms with Gasteiger partial charge in [0.05, 0.1) is 6.42 Å². The van der Waals surface area contributed by atoms with Crippen molar-refractivity contribution in [2.45, 2.75) is 32.6 Å². The highest BCUT2D eigenvalue weighted by Gasteiger charge is 2.13. The van der Waals surface area contributed by atoms with Crippen molar-refractivity contribution in [2.24, 2.45) is 0 Å². The Morgan fingerprint density at radius 3 is 2.31 bits per heavy atom. The molecule has 0 atom stereocenters. The normalized spacial score (nSPS) is 10.6. The van der Waals surface area contributed by atoms with Crippen LogP contribution in [0, 0.1) is 11.5 Å². The molecule has 84 valence electrons. The van der Waals surface area contributed by atoms with E-state index in [1.807, 2.05) is 24.3 Å². The van der Waals surface area contributed by atoms with E-state index >= 15 is 0 Å². The highest BCUT2D eigenvalue weighted by atomic mass is 16.1. The summed E-state index contributed by atoms with van der Waals surface area (Å²) in [5, 5.41) is 10.4. The molecule has 0 aliphatic rings. The van der Waals surface area contributed by atoms with Crippen LogP contribution in [-0.4, -0.2) is 5.91 Å². The van der Waals surface area contributed by atoms with Crippen molar-refractivity contribution in [1.82, 2.24) is 5.32 Å². The predicted molar refractivity (Wildman–Crippen MR) is 62.6 cm³/mol. The van der Waals surface area contributed by atoms with E-state index in [0.717, 1.165) is 5.56 Å². The molecule has 0 fully saturated rings. The SMILES string of the molecule is CC(C)(C)c1ccc(CC(=O)NC#N)cc1. The molecule has 0 saturated carbocycles. The maximum Gasteiger partial charge on any atom is 0.237 e. The van der Waals surface area contributed by atoms with Gasteiger partial charge in [-0.2, -0.15) is 5.26 Å². The summed E-state index contributed by atoms with van der Waals surface area (Å²) in [7, 11) is 0. The monoisotopic (exact) mass is 216 g/mol. The van der Waals surface area contributed by atoms with Crippen molar-refractivity contribution < 1.29 is 4.79 Å². The molecule has 0 aromatic heterocycles. The summed E-state index contributed by atoms with van der Waals surface area (Å²) in [6.07, 6.45) is 1.87. The van der Waals surface area contributed by atoms with E-state index in [-0.39, 0.29) is 17.7 Å². The van der Waals surface area contributed by atoms with Gasteiger partial charge in [-0.1, -0.05) is 45.0 Å². The Morgan fingerprint density at radius 2 is 1.88 bits per heavy atom. The summed E-state index contributed by atoms with van der Waals surface area (Å²) in [6.45, 7) is 6.43. The summed E-state index contributed by atoms with van der Waals surface area (Å²) < 4.78 is 0. The van der Waals surface area contributed by atoms with E-state index in [0.29, 0.717) is 0 Å². The van der Waals surface area contributed by atoms with Crippen LogP contribution in [0.5, 0.6) is 0 Å². The number of carbonyl (C=O) groups excluding carboxylic acids is 1. The number of nitrogens with one attached hydrogen (secondary N) is 1. The molecule has 0 bridgehead atoms. The van der Waals surface area contributed by atoms with Crippen LogP contribution >= 0.6 is 0 Å². The first-order valence-corrected chi connectivity index (χ1v) is 5.21. The number of carbonyl (C=O) groups is 1. The molecule has 0 heterocycles. The molecule has 0 spiro atoms. The molecule has 0 saturated heterocycles. The molecule has 0 aliphatic carbocycles. The standard InChI is InChI=1S/C13H16N2O/c1-13(2,3)11-6-4-10(5-7-11)8-12(16)15-9-14/h4-7H,8H2,1-3H3,(H,15,16). The maximum atomic E-state index is 11.2. The number of amides is 1. The zero-order valence-electron chi connectivity index (χ0n) is 9.87. The lowest BCUT2D eigenvalue weighted by molar-refractivity contribution is -0.119. The average Bonchev–Trinajstić information content (AvgIpc) is 2.17. The van der Waals surface area contributed by atoms with Gasteiger partial charge >= 0.3 is 0 Å². The number of nitrogens with zero attached hydrogens (tertiary/aromatic N) is 1. The quantitative estimate of drug-likeness (QED) is 0.608. The van der Waals surface area contributed by atoms with E-state index in [4.69, 9.17) is 5.26 Å². The molecule has 0 radical (unpaired) electrons. The number of rotatable bonds is 2. The second-order valence-corrected chi connectivity index (χ2v) is 4.78. The summed E-state index contributed by atoms with van der Waals surface area (Å²) in [5.74, 6) is -0.272. The van der Waals surface area contributed by atoms with Crippen molar-refractivity contribution in [3.8, 4) is 6.19 Å². The van der Waals surface area contributed by atoms with Crippen molar-refractivity contribution in [3.63, 3.8) is 0 Å². The van der Waals surface area contributed by atoms with Gasteiger partial charge in [0.2, 0.25) is 5.91 Å². The molecule has 16 heavy (non-hydrogen) atoms. The molecule has 1 aromatic rings. The van der Waals surface area contributed by atoms with Crippen molar-refractivity contribution in [3.05, 3.63) is 35.4 Å². The minimum atomic E-state index is -0.272. The van der Waals surface area contributed by atoms with Gasteiger partial charge in [0.15, 0.2) is 6.19 Å². The highest BCUT2D eigenvalue weighted by Crippen LogP contribution is 2.22. The average molecular weight is 216 g/mol. The van der Waals surface area contributed by atoms with Gasteiger partial charge < -0.3 is 0 Å². The van der Waals surface area contributed by atoms with Crippen LogP contribution in [-0.2, 0) is 16.6 Å². The Hall–Kier alpha value is -1.82. The molecule has 1 aromatic carbocycles. The second kappa shape index (κ2) is 4.80. The third kappa shape index (κ3) is 3.39. The summed E-state index contributed by atoms with van der Waals surface area (Å²) >= 11 is 0. The van der Waals surface area contributed by atoms with E-state index < -0.39 is 0 Å². The zero-order valence-corrected chi connectivity index (χ0v) is 9.87. The fourth-order valence-electron chi connectivity index (χ4n) is 1.41. The number of hydrogen-bond acceptors (Lipinski definition) is 2. The van der Waals surface area contributed by atoms with Gasteiger partial charge in [0.25, 0.3) is 0 Å². The Kier molecular flexibility index (Phi) is 3.68. The largest absolute Gasteiger partial charge is 0.274 e. The Labute approximate surface area is 96.1 Å². The van der Waals surface area contributed by atoms with Gasteiger partial charge in [-0.25, -0.2) is 0 Å². The van der Waals surface area contributed by atoms with Crippen LogP contribution in [0.25, 0.3) is 0 Å². The third-order valence-corrected chi connectivity index (χ3v) is 2.38. The molecular formula is C13H16N2O. The number of benzene rings is 1. The molecule has 3 heteroatoms. The van der Waals surface area contributed by atoms with Crippen LogP contribution < -0.4 is 5.32 Å². The van der Waals surface area contributed by atoms with E-state index in [9.17, 15) is 4.79 Å². The molecule has 1 N–H and O–H groups in total. The van der Waals surface area contributed by atoms with Gasteiger partial charge in [0.1, 0.15) is 0 Å². The second-order valence-electron chi connectivity index (χ2n) is 4.78. The molecular weight excluding hydrogens is 200 g/mol. The lowest BCUT2D eigenvalue weighted by Gasteiger charge is -2.19. The van der Waals surface area contributed by atoms with Crippen LogP contribution in [0.15, 0.2) is 24.3 Å². The Bertz CT molecular complexity index is 407. The Morgan fingerprint density at radius 1 is 1.31 bits per heavy atom. The van der Waals surface area contributed by atoms with E-state index in [2.05, 4.69) is 26.1 Å². The van der Waals surface area contributed by atoms with Gasteiger partial charge in [-0.3, -0.25) is 10.1 Å². The molecule has 0 aliphatic heterocycles. The van der Waals surface area contributed by atoms with E-state index in [1.54, 1.807) is 6.19 Å². The highest BCUT2D eigenvalue weighted by molar-refractivity contribution is 5.79. The Balaban J connectivity index is 2.73. The van der Waals surface area contributed by atoms with Crippen molar-refractivity contribution in [1.29, 1.82) is 5.26 Å². The summed E-state index contributed by atoms with van der Waals surface area (Å²) in [5.41, 5.74) is 2.27. The van der Waals surface area contributed by atoms with Crippen LogP contribution in [0.1, 0.15) is 31.9 Å². The van der Waals surface area contributed by atoms with Crippen LogP contribution in [0.4, 0.5) is 0 Å². The first kappa shape index (κ1) is 12.3. The first-order chi connectivity index (χ1) is 7.43. The number of nitriles is 1. The summed E-state index contributed by atoms with van der Waals surface area (Å²) in [4.78, 5) is 11.2. The predicted octanol–water partition coefficient (Wildman–Crippen LogP) is 2.12. The molecule has 1 rings (SSSR count).